The van der Waals surface area contributed by atoms with Gasteiger partial charge in [-0.15, -0.1) is 17.5 Å². The van der Waals surface area contributed by atoms with E-state index in [9.17, 15) is 0 Å². The first-order valence-electron chi connectivity index (χ1n) is 3.27. The lowest BCUT2D eigenvalue weighted by molar-refractivity contribution is 0.822. The van der Waals surface area contributed by atoms with Gasteiger partial charge in [-0.2, -0.15) is 0 Å². The fourth-order valence-electron chi connectivity index (χ4n) is 0.980. The predicted octanol–water partition coefficient (Wildman–Crippen LogP) is 0.00480. The number of tetrazole rings is 1. The molecule has 0 spiro atoms. The molecule has 2 aromatic rings. The van der Waals surface area contributed by atoms with E-state index in [-0.39, 0.29) is 12.4 Å². The first-order chi connectivity index (χ1) is 5.42. The second-order valence-corrected chi connectivity index (χ2v) is 2.18. The molecule has 0 radical (unpaired) electrons. The highest BCUT2D eigenvalue weighted by atomic mass is 35.5. The van der Waals surface area contributed by atoms with E-state index >= 15 is 0 Å². The van der Waals surface area contributed by atoms with E-state index in [0.29, 0.717) is 6.54 Å². The SMILES string of the molecule is Cl.NCc1cccn2nnnc12. The van der Waals surface area contributed by atoms with Gasteiger partial charge < -0.3 is 5.73 Å². The van der Waals surface area contributed by atoms with E-state index in [1.54, 1.807) is 10.7 Å². The Morgan fingerprint density at radius 1 is 1.50 bits per heavy atom. The van der Waals surface area contributed by atoms with Crippen molar-refractivity contribution < 1.29 is 0 Å². The van der Waals surface area contributed by atoms with Gasteiger partial charge in [-0.1, -0.05) is 6.07 Å². The van der Waals surface area contributed by atoms with Gasteiger partial charge in [0, 0.05) is 18.3 Å². The molecule has 0 aliphatic heterocycles. The molecule has 0 saturated heterocycles. The molecular formula is C6H8ClN5. The summed E-state index contributed by atoms with van der Waals surface area (Å²) >= 11 is 0. The van der Waals surface area contributed by atoms with Crippen LogP contribution >= 0.6 is 12.4 Å². The number of aromatic nitrogens is 4. The molecule has 2 rings (SSSR count). The second-order valence-electron chi connectivity index (χ2n) is 2.18. The van der Waals surface area contributed by atoms with E-state index in [2.05, 4.69) is 15.5 Å². The maximum atomic E-state index is 5.47. The Morgan fingerprint density at radius 2 is 2.33 bits per heavy atom. The molecule has 2 N–H and O–H groups in total. The van der Waals surface area contributed by atoms with Crippen LogP contribution < -0.4 is 5.73 Å². The lowest BCUT2D eigenvalue weighted by Gasteiger charge is -1.94. The van der Waals surface area contributed by atoms with E-state index in [0.717, 1.165) is 11.2 Å². The molecule has 2 aromatic heterocycles. The molecule has 0 aliphatic carbocycles. The number of hydrogen-bond donors (Lipinski definition) is 1. The van der Waals surface area contributed by atoms with Gasteiger partial charge in [-0.3, -0.25) is 0 Å². The van der Waals surface area contributed by atoms with Gasteiger partial charge in [0.05, 0.1) is 0 Å². The van der Waals surface area contributed by atoms with Crippen LogP contribution in [-0.2, 0) is 6.54 Å². The molecule has 0 saturated carbocycles. The van der Waals surface area contributed by atoms with Crippen LogP contribution in [0.5, 0.6) is 0 Å². The Kier molecular flexibility index (Phi) is 2.57. The van der Waals surface area contributed by atoms with Crippen molar-refractivity contribution in [3.63, 3.8) is 0 Å². The molecule has 6 heteroatoms. The summed E-state index contributed by atoms with van der Waals surface area (Å²) in [6.45, 7) is 0.463. The third kappa shape index (κ3) is 1.24. The van der Waals surface area contributed by atoms with Crippen molar-refractivity contribution in [3.8, 4) is 0 Å². The molecule has 0 fully saturated rings. The molecule has 64 valence electrons. The predicted molar refractivity (Wildman–Crippen MR) is 45.9 cm³/mol. The molecule has 0 amide bonds. The van der Waals surface area contributed by atoms with Crippen molar-refractivity contribution >= 4 is 18.1 Å². The first-order valence-corrected chi connectivity index (χ1v) is 3.27. The van der Waals surface area contributed by atoms with Crippen molar-refractivity contribution in [1.82, 2.24) is 20.0 Å². The van der Waals surface area contributed by atoms with E-state index in [1.807, 2.05) is 12.1 Å². The van der Waals surface area contributed by atoms with Crippen LogP contribution in [0.15, 0.2) is 18.3 Å². The van der Waals surface area contributed by atoms with Crippen LogP contribution in [-0.4, -0.2) is 20.0 Å². The highest BCUT2D eigenvalue weighted by Gasteiger charge is 2.00. The minimum absolute atomic E-state index is 0. The molecule has 0 unspecified atom stereocenters. The Balaban J connectivity index is 0.000000720. The zero-order chi connectivity index (χ0) is 7.68. The Labute approximate surface area is 75.0 Å². The van der Waals surface area contributed by atoms with Gasteiger partial charge in [0.1, 0.15) is 0 Å². The number of rotatable bonds is 1. The van der Waals surface area contributed by atoms with Gasteiger partial charge in [-0.25, -0.2) is 4.52 Å². The van der Waals surface area contributed by atoms with Crippen LogP contribution in [0.1, 0.15) is 5.56 Å². The molecule has 2 heterocycles. The van der Waals surface area contributed by atoms with Gasteiger partial charge in [0.2, 0.25) is 0 Å². The zero-order valence-electron chi connectivity index (χ0n) is 6.21. The monoisotopic (exact) mass is 185 g/mol. The molecule has 0 atom stereocenters. The molecule has 0 bridgehead atoms. The van der Waals surface area contributed by atoms with E-state index in [4.69, 9.17) is 5.73 Å². The minimum Gasteiger partial charge on any atom is -0.326 e. The lowest BCUT2D eigenvalue weighted by atomic mass is 10.3. The molecule has 0 aliphatic rings. The number of nitrogens with zero attached hydrogens (tertiary/aromatic N) is 4. The molecule has 5 nitrogen and oxygen atoms in total. The van der Waals surface area contributed by atoms with Gasteiger partial charge in [0.25, 0.3) is 0 Å². The summed E-state index contributed by atoms with van der Waals surface area (Å²) in [7, 11) is 0. The normalized spacial score (nSPS) is 9.75. The van der Waals surface area contributed by atoms with E-state index in [1.165, 1.54) is 0 Å². The molecule has 12 heavy (non-hydrogen) atoms. The van der Waals surface area contributed by atoms with Crippen molar-refractivity contribution in [2.45, 2.75) is 6.54 Å². The summed E-state index contributed by atoms with van der Waals surface area (Å²) in [6.07, 6.45) is 1.79. The zero-order valence-corrected chi connectivity index (χ0v) is 7.03. The molecule has 0 aromatic carbocycles. The highest BCUT2D eigenvalue weighted by Crippen LogP contribution is 2.03. The summed E-state index contributed by atoms with van der Waals surface area (Å²) in [5.74, 6) is 0. The number of fused-ring (bicyclic) bond motifs is 1. The standard InChI is InChI=1S/C6H7N5.ClH/c7-4-5-2-1-3-11-6(5)8-9-10-11;/h1-3H,4,7H2;1H. The minimum atomic E-state index is 0. The van der Waals surface area contributed by atoms with Crippen molar-refractivity contribution in [1.29, 1.82) is 0 Å². The van der Waals surface area contributed by atoms with Crippen molar-refractivity contribution in [2.24, 2.45) is 5.73 Å². The highest BCUT2D eigenvalue weighted by molar-refractivity contribution is 5.85. The smallest absolute Gasteiger partial charge is 0.183 e. The maximum absolute atomic E-state index is 5.47. The average Bonchev–Trinajstić information content (AvgIpc) is 2.50. The maximum Gasteiger partial charge on any atom is 0.183 e. The first kappa shape index (κ1) is 8.89. The summed E-state index contributed by atoms with van der Waals surface area (Å²) in [5.41, 5.74) is 7.15. The summed E-state index contributed by atoms with van der Waals surface area (Å²) in [4.78, 5) is 0. The average molecular weight is 186 g/mol. The summed E-state index contributed by atoms with van der Waals surface area (Å²) in [6, 6.07) is 3.78. The second kappa shape index (κ2) is 3.46. The Bertz CT molecular complexity index is 371. The lowest BCUT2D eigenvalue weighted by Crippen LogP contribution is -1.99. The van der Waals surface area contributed by atoms with E-state index < -0.39 is 0 Å². The number of pyridine rings is 1. The van der Waals surface area contributed by atoms with Crippen LogP contribution in [0.25, 0.3) is 5.65 Å². The van der Waals surface area contributed by atoms with Crippen LogP contribution in [0.3, 0.4) is 0 Å². The quantitative estimate of drug-likeness (QED) is 0.680. The Hall–Kier alpha value is -1.20. The fraction of sp³-hybridized carbons (Fsp3) is 0.167. The number of halogens is 1. The van der Waals surface area contributed by atoms with Crippen LogP contribution in [0, 0.1) is 0 Å². The van der Waals surface area contributed by atoms with Crippen LogP contribution in [0.4, 0.5) is 0 Å². The molecular weight excluding hydrogens is 178 g/mol. The number of nitrogens with two attached hydrogens (primary N) is 1. The van der Waals surface area contributed by atoms with Crippen molar-refractivity contribution in [3.05, 3.63) is 23.9 Å². The van der Waals surface area contributed by atoms with Gasteiger partial charge in [-0.05, 0) is 16.5 Å². The third-order valence-corrected chi connectivity index (χ3v) is 1.52. The largest absolute Gasteiger partial charge is 0.326 e. The number of hydrogen-bond acceptors (Lipinski definition) is 4. The Morgan fingerprint density at radius 3 is 3.08 bits per heavy atom. The van der Waals surface area contributed by atoms with Gasteiger partial charge >= 0.3 is 0 Å². The fourth-order valence-corrected chi connectivity index (χ4v) is 0.980. The third-order valence-electron chi connectivity index (χ3n) is 1.52. The summed E-state index contributed by atoms with van der Waals surface area (Å²) < 4.78 is 1.60. The van der Waals surface area contributed by atoms with Crippen LogP contribution in [0.2, 0.25) is 0 Å². The summed E-state index contributed by atoms with van der Waals surface area (Å²) in [5, 5.41) is 11.1. The van der Waals surface area contributed by atoms with Gasteiger partial charge in [0.15, 0.2) is 5.65 Å². The van der Waals surface area contributed by atoms with Crippen molar-refractivity contribution in [2.75, 3.05) is 0 Å². The topological polar surface area (TPSA) is 69.1 Å².